The number of benzene rings is 1. The van der Waals surface area contributed by atoms with Gasteiger partial charge in [-0.3, -0.25) is 4.48 Å². The zero-order valence-corrected chi connectivity index (χ0v) is 31.2. The van der Waals surface area contributed by atoms with Crippen molar-refractivity contribution < 1.29 is 13.6 Å². The molecule has 0 amide bonds. The summed E-state index contributed by atoms with van der Waals surface area (Å²) in [6, 6.07) is 8.91. The summed E-state index contributed by atoms with van der Waals surface area (Å²) in [5, 5.41) is 9.31. The third kappa shape index (κ3) is 13.6. The first kappa shape index (κ1) is 37.6. The van der Waals surface area contributed by atoms with Crippen molar-refractivity contribution in [1.82, 2.24) is 24.9 Å². The average molecular weight is 684 g/mol. The van der Waals surface area contributed by atoms with Crippen molar-refractivity contribution >= 4 is 11.8 Å². The first-order chi connectivity index (χ1) is 23.7. The fraction of sp³-hybridized carbons (Fsp3) is 0.795. The van der Waals surface area contributed by atoms with Crippen LogP contribution in [0.5, 0.6) is 5.75 Å². The Morgan fingerprint density at radius 3 is 1.75 bits per heavy atom. The number of aryl methyl sites for hydroxylation is 1. The van der Waals surface area contributed by atoms with Gasteiger partial charge >= 0.3 is 0 Å². The average Bonchev–Trinajstić information content (AvgIpc) is 3.53. The molecule has 4 bridgehead atoms. The molecule has 0 aliphatic carbocycles. The van der Waals surface area contributed by atoms with Crippen LogP contribution in [-0.2, 0) is 13.0 Å². The van der Waals surface area contributed by atoms with Crippen molar-refractivity contribution in [3.63, 3.8) is 0 Å². The van der Waals surface area contributed by atoms with E-state index in [1.54, 1.807) is 11.8 Å². The lowest BCUT2D eigenvalue weighted by Gasteiger charge is -2.60. The fourth-order valence-corrected chi connectivity index (χ4v) is 8.79. The van der Waals surface area contributed by atoms with E-state index in [1.807, 2.05) is 0 Å². The van der Waals surface area contributed by atoms with Crippen molar-refractivity contribution in [2.45, 2.75) is 154 Å². The maximum atomic E-state index is 6.07. The normalized spacial score (nSPS) is 22.9. The van der Waals surface area contributed by atoms with E-state index in [2.05, 4.69) is 56.1 Å². The van der Waals surface area contributed by atoms with E-state index in [1.165, 1.54) is 141 Å². The quantitative estimate of drug-likeness (QED) is 0.0499. The van der Waals surface area contributed by atoms with Gasteiger partial charge in [-0.1, -0.05) is 128 Å². The molecule has 9 heteroatoms. The summed E-state index contributed by atoms with van der Waals surface area (Å²) in [5.74, 6) is 2.92. The molecule has 5 heterocycles. The first-order valence-electron chi connectivity index (χ1n) is 19.9. The number of unbranched alkanes of at least 4 members (excludes halogenated alkanes) is 18. The zero-order valence-electron chi connectivity index (χ0n) is 30.4. The molecule has 0 unspecified atom stereocenters. The molecular formula is C39H67N6O2S+. The Morgan fingerprint density at radius 2 is 1.17 bits per heavy atom. The lowest BCUT2D eigenvalue weighted by molar-refractivity contribution is -0.991. The molecular weight excluding hydrogens is 617 g/mol. The van der Waals surface area contributed by atoms with E-state index < -0.39 is 0 Å². The Hall–Kier alpha value is -1.65. The van der Waals surface area contributed by atoms with Gasteiger partial charge in [0.15, 0.2) is 0 Å². The molecule has 0 saturated carbocycles. The summed E-state index contributed by atoms with van der Waals surface area (Å²) in [6.07, 6.45) is 27.6. The molecule has 0 radical (unpaired) electrons. The van der Waals surface area contributed by atoms with Gasteiger partial charge in [-0.05, 0) is 43.5 Å². The molecule has 1 aromatic heterocycles. The van der Waals surface area contributed by atoms with Crippen LogP contribution in [0, 0.1) is 0 Å². The summed E-state index contributed by atoms with van der Waals surface area (Å²) in [6.45, 7) is 11.2. The largest absolute Gasteiger partial charge is 0.494 e. The number of rotatable bonds is 28. The summed E-state index contributed by atoms with van der Waals surface area (Å²) < 4.78 is 13.1. The molecule has 4 aliphatic heterocycles. The predicted molar refractivity (Wildman–Crippen MR) is 197 cm³/mol. The van der Waals surface area contributed by atoms with Crippen molar-refractivity contribution in [1.29, 1.82) is 0 Å². The van der Waals surface area contributed by atoms with Crippen LogP contribution in [0.4, 0.5) is 0 Å². The molecule has 4 fully saturated rings. The molecule has 4 saturated heterocycles. The summed E-state index contributed by atoms with van der Waals surface area (Å²) >= 11 is 1.74. The number of ether oxygens (including phenoxy) is 1. The topological polar surface area (TPSA) is 57.9 Å². The van der Waals surface area contributed by atoms with Crippen molar-refractivity contribution in [2.24, 2.45) is 0 Å². The smallest absolute Gasteiger partial charge is 0.276 e. The van der Waals surface area contributed by atoms with Gasteiger partial charge in [-0.15, -0.1) is 10.2 Å². The number of aromatic nitrogens is 2. The van der Waals surface area contributed by atoms with Crippen LogP contribution >= 0.6 is 11.8 Å². The maximum Gasteiger partial charge on any atom is 0.276 e. The van der Waals surface area contributed by atoms with E-state index in [4.69, 9.17) is 9.15 Å². The van der Waals surface area contributed by atoms with Gasteiger partial charge in [-0.2, -0.15) is 0 Å². The number of hydrogen-bond acceptors (Lipinski definition) is 8. The third-order valence-electron chi connectivity index (χ3n) is 10.4. The van der Waals surface area contributed by atoms with Crippen molar-refractivity contribution in [3.05, 3.63) is 35.7 Å². The first-order valence-corrected chi connectivity index (χ1v) is 20.9. The standard InChI is InChI=1S/C39H67N6O2S/c1-2-3-4-5-6-7-8-9-12-15-18-21-28-48-39-41-40-38(47-39)22-19-16-13-10-11-14-17-20-27-46-37-25-23-36(24-26-37)29-45-33-42-30-43(34-45)32-44(31-42)35-45/h23-26H,2-22,27-35H2,1H3/q+1. The predicted octanol–water partition coefficient (Wildman–Crippen LogP) is 9.61. The number of nitrogens with zero attached hydrogens (tertiary/aromatic N) is 6. The minimum atomic E-state index is 0.761. The van der Waals surface area contributed by atoms with E-state index in [0.29, 0.717) is 0 Å². The summed E-state index contributed by atoms with van der Waals surface area (Å²) in [5.41, 5.74) is 1.42. The molecule has 0 atom stereocenters. The molecule has 2 aromatic rings. The number of hydrogen-bond donors (Lipinski definition) is 0. The Balaban J connectivity index is 0.780. The molecule has 1 aromatic carbocycles. The minimum Gasteiger partial charge on any atom is -0.494 e. The molecule has 4 aliphatic rings. The molecule has 6 rings (SSSR count). The lowest BCUT2D eigenvalue weighted by atomic mass is 10.1. The second-order valence-electron chi connectivity index (χ2n) is 15.1. The Kier molecular flexibility index (Phi) is 16.9. The van der Waals surface area contributed by atoms with Crippen molar-refractivity contribution in [2.75, 3.05) is 52.4 Å². The van der Waals surface area contributed by atoms with E-state index >= 15 is 0 Å². The summed E-state index contributed by atoms with van der Waals surface area (Å²) in [4.78, 5) is 7.75. The van der Waals surface area contributed by atoms with Gasteiger partial charge in [0.2, 0.25) is 5.89 Å². The zero-order chi connectivity index (χ0) is 33.1. The van der Waals surface area contributed by atoms with Gasteiger partial charge in [0.1, 0.15) is 32.3 Å². The highest BCUT2D eigenvalue weighted by molar-refractivity contribution is 7.99. The Morgan fingerprint density at radius 1 is 0.646 bits per heavy atom. The lowest BCUT2D eigenvalue weighted by Crippen LogP contribution is -2.78. The van der Waals surface area contributed by atoms with Gasteiger partial charge in [0.25, 0.3) is 5.22 Å². The minimum absolute atomic E-state index is 0.761. The van der Waals surface area contributed by atoms with Crippen molar-refractivity contribution in [3.8, 4) is 5.75 Å². The van der Waals surface area contributed by atoms with E-state index in [9.17, 15) is 0 Å². The molecule has 48 heavy (non-hydrogen) atoms. The van der Waals surface area contributed by atoms with E-state index in [0.717, 1.165) is 79.5 Å². The highest BCUT2D eigenvalue weighted by Crippen LogP contribution is 2.31. The van der Waals surface area contributed by atoms with E-state index in [-0.39, 0.29) is 0 Å². The highest BCUT2D eigenvalue weighted by atomic mass is 32.2. The Labute approximate surface area is 296 Å². The van der Waals surface area contributed by atoms with Gasteiger partial charge in [-0.25, -0.2) is 14.7 Å². The van der Waals surface area contributed by atoms with Crippen LogP contribution in [0.2, 0.25) is 0 Å². The van der Waals surface area contributed by atoms with Crippen LogP contribution in [0.25, 0.3) is 0 Å². The molecule has 0 spiro atoms. The number of thioether (sulfide) groups is 1. The van der Waals surface area contributed by atoms with Crippen LogP contribution in [-0.4, -0.2) is 81.8 Å². The second-order valence-corrected chi connectivity index (χ2v) is 16.2. The van der Waals surface area contributed by atoms with Crippen LogP contribution in [0.3, 0.4) is 0 Å². The third-order valence-corrected chi connectivity index (χ3v) is 11.3. The molecule has 270 valence electrons. The monoisotopic (exact) mass is 684 g/mol. The maximum absolute atomic E-state index is 6.07. The van der Waals surface area contributed by atoms with Crippen LogP contribution in [0.15, 0.2) is 33.9 Å². The summed E-state index contributed by atoms with van der Waals surface area (Å²) in [7, 11) is 0. The SMILES string of the molecule is CCCCCCCCCCCCCCSc1nnc(CCCCCCCCCCOc2ccc(C[N+]34CN5CN(CN(C5)C3)C4)cc2)o1. The van der Waals surface area contributed by atoms with Gasteiger partial charge in [0.05, 0.1) is 26.6 Å². The van der Waals surface area contributed by atoms with Crippen LogP contribution in [0.1, 0.15) is 147 Å². The fourth-order valence-electron chi connectivity index (χ4n) is 8.02. The second kappa shape index (κ2) is 21.5. The Bertz CT molecular complexity index is 1090. The van der Waals surface area contributed by atoms with Gasteiger partial charge in [0, 0.05) is 17.7 Å². The number of quaternary nitrogens is 1. The molecule has 0 N–H and O–H groups in total. The van der Waals surface area contributed by atoms with Crippen LogP contribution < -0.4 is 4.74 Å². The highest BCUT2D eigenvalue weighted by Gasteiger charge is 2.48. The molecule has 8 nitrogen and oxygen atoms in total. The van der Waals surface area contributed by atoms with Gasteiger partial charge < -0.3 is 9.15 Å².